The molecule has 15 heavy (non-hydrogen) atoms. The quantitative estimate of drug-likeness (QED) is 0.672. The molecule has 1 aromatic rings. The van der Waals surface area contributed by atoms with Crippen LogP contribution in [-0.2, 0) is 11.8 Å². The second kappa shape index (κ2) is 5.38. The standard InChI is InChI=1S/C10H17N3O2/c1-12(2)10(14)5-4-6-15-9-7-11-13(3)8-9/h7-8H,4-6H2,1-3H3. The zero-order valence-corrected chi connectivity index (χ0v) is 9.43. The van der Waals surface area contributed by atoms with Crippen LogP contribution in [0.15, 0.2) is 12.4 Å². The molecular weight excluding hydrogens is 194 g/mol. The minimum atomic E-state index is 0.129. The lowest BCUT2D eigenvalue weighted by molar-refractivity contribution is -0.128. The molecule has 0 N–H and O–H groups in total. The molecule has 0 spiro atoms. The van der Waals surface area contributed by atoms with Crippen LogP contribution in [0.3, 0.4) is 0 Å². The molecule has 1 aromatic heterocycles. The van der Waals surface area contributed by atoms with Crippen LogP contribution in [0, 0.1) is 0 Å². The Bertz CT molecular complexity index is 320. The molecule has 0 aliphatic carbocycles. The lowest BCUT2D eigenvalue weighted by Crippen LogP contribution is -2.21. The number of ether oxygens (including phenoxy) is 1. The Hall–Kier alpha value is -1.52. The number of carbonyl (C=O) groups is 1. The summed E-state index contributed by atoms with van der Waals surface area (Å²) in [5.74, 6) is 0.875. The molecule has 1 amide bonds. The predicted octanol–water partition coefficient (Wildman–Crippen LogP) is 0.667. The van der Waals surface area contributed by atoms with Crippen molar-refractivity contribution < 1.29 is 9.53 Å². The Balaban J connectivity index is 2.15. The average molecular weight is 211 g/mol. The van der Waals surface area contributed by atoms with E-state index in [1.807, 2.05) is 7.05 Å². The van der Waals surface area contributed by atoms with Gasteiger partial charge in [-0.1, -0.05) is 0 Å². The van der Waals surface area contributed by atoms with E-state index >= 15 is 0 Å². The van der Waals surface area contributed by atoms with Gasteiger partial charge in [-0.2, -0.15) is 5.10 Å². The second-order valence-electron chi connectivity index (χ2n) is 3.59. The van der Waals surface area contributed by atoms with Crippen LogP contribution in [0.25, 0.3) is 0 Å². The molecule has 0 bridgehead atoms. The summed E-state index contributed by atoms with van der Waals surface area (Å²) in [5.41, 5.74) is 0. The van der Waals surface area contributed by atoms with Crippen molar-refractivity contribution in [2.45, 2.75) is 12.8 Å². The Morgan fingerprint density at radius 2 is 2.33 bits per heavy atom. The molecule has 84 valence electrons. The fourth-order valence-electron chi connectivity index (χ4n) is 1.11. The van der Waals surface area contributed by atoms with E-state index in [0.717, 1.165) is 12.2 Å². The van der Waals surface area contributed by atoms with Crippen LogP contribution in [-0.4, -0.2) is 41.3 Å². The highest BCUT2D eigenvalue weighted by Gasteiger charge is 2.03. The van der Waals surface area contributed by atoms with Gasteiger partial charge < -0.3 is 9.64 Å². The summed E-state index contributed by atoms with van der Waals surface area (Å²) in [6.45, 7) is 0.547. The average Bonchev–Trinajstić information content (AvgIpc) is 2.58. The van der Waals surface area contributed by atoms with Gasteiger partial charge in [0.1, 0.15) is 0 Å². The molecule has 0 unspecified atom stereocenters. The van der Waals surface area contributed by atoms with Gasteiger partial charge in [0, 0.05) is 27.6 Å². The number of aromatic nitrogens is 2. The smallest absolute Gasteiger partial charge is 0.222 e. The lowest BCUT2D eigenvalue weighted by atomic mass is 10.3. The van der Waals surface area contributed by atoms with Gasteiger partial charge in [-0.05, 0) is 6.42 Å². The second-order valence-corrected chi connectivity index (χ2v) is 3.59. The number of amides is 1. The Morgan fingerprint density at radius 1 is 1.60 bits per heavy atom. The number of aryl methyl sites for hydroxylation is 1. The molecule has 1 heterocycles. The third-order valence-electron chi connectivity index (χ3n) is 1.98. The van der Waals surface area contributed by atoms with Crippen molar-refractivity contribution >= 4 is 5.91 Å². The monoisotopic (exact) mass is 211 g/mol. The van der Waals surface area contributed by atoms with Gasteiger partial charge in [0.2, 0.25) is 5.91 Å². The molecule has 0 saturated carbocycles. The normalized spacial score (nSPS) is 10.1. The highest BCUT2D eigenvalue weighted by atomic mass is 16.5. The third-order valence-corrected chi connectivity index (χ3v) is 1.98. The summed E-state index contributed by atoms with van der Waals surface area (Å²) < 4.78 is 7.08. The summed E-state index contributed by atoms with van der Waals surface area (Å²) in [6, 6.07) is 0. The zero-order valence-electron chi connectivity index (χ0n) is 9.43. The first-order valence-corrected chi connectivity index (χ1v) is 4.91. The van der Waals surface area contributed by atoms with E-state index in [0.29, 0.717) is 13.0 Å². The lowest BCUT2D eigenvalue weighted by Gasteiger charge is -2.09. The molecular formula is C10H17N3O2. The van der Waals surface area contributed by atoms with Crippen LogP contribution in [0.1, 0.15) is 12.8 Å². The minimum Gasteiger partial charge on any atom is -0.490 e. The Kier molecular flexibility index (Phi) is 4.15. The van der Waals surface area contributed by atoms with Crippen molar-refractivity contribution in [2.24, 2.45) is 7.05 Å². The highest BCUT2D eigenvalue weighted by molar-refractivity contribution is 5.75. The SMILES string of the molecule is CN(C)C(=O)CCCOc1cnn(C)c1. The topological polar surface area (TPSA) is 47.4 Å². The van der Waals surface area contributed by atoms with Crippen LogP contribution >= 0.6 is 0 Å². The number of hydrogen-bond acceptors (Lipinski definition) is 3. The third kappa shape index (κ3) is 4.01. The Morgan fingerprint density at radius 3 is 2.87 bits per heavy atom. The molecule has 0 saturated heterocycles. The van der Waals surface area contributed by atoms with Crippen molar-refractivity contribution in [2.75, 3.05) is 20.7 Å². The van der Waals surface area contributed by atoms with E-state index in [-0.39, 0.29) is 5.91 Å². The van der Waals surface area contributed by atoms with Gasteiger partial charge in [0.05, 0.1) is 19.0 Å². The fraction of sp³-hybridized carbons (Fsp3) is 0.600. The molecule has 0 atom stereocenters. The molecule has 0 radical (unpaired) electrons. The van der Waals surface area contributed by atoms with Gasteiger partial charge in [0.15, 0.2) is 5.75 Å². The number of hydrogen-bond donors (Lipinski definition) is 0. The van der Waals surface area contributed by atoms with Crippen molar-refractivity contribution in [1.82, 2.24) is 14.7 Å². The predicted molar refractivity (Wildman–Crippen MR) is 56.6 cm³/mol. The number of carbonyl (C=O) groups excluding carboxylic acids is 1. The highest BCUT2D eigenvalue weighted by Crippen LogP contribution is 2.07. The molecule has 0 aromatic carbocycles. The number of nitrogens with zero attached hydrogens (tertiary/aromatic N) is 3. The molecule has 0 fully saturated rings. The van der Waals surface area contributed by atoms with Gasteiger partial charge in [-0.3, -0.25) is 9.48 Å². The largest absolute Gasteiger partial charge is 0.490 e. The summed E-state index contributed by atoms with van der Waals surface area (Å²) in [6.07, 6.45) is 4.71. The van der Waals surface area contributed by atoms with E-state index in [9.17, 15) is 4.79 Å². The van der Waals surface area contributed by atoms with Gasteiger partial charge in [-0.15, -0.1) is 0 Å². The Labute approximate surface area is 89.6 Å². The van der Waals surface area contributed by atoms with Crippen molar-refractivity contribution in [3.05, 3.63) is 12.4 Å². The van der Waals surface area contributed by atoms with Gasteiger partial charge >= 0.3 is 0 Å². The van der Waals surface area contributed by atoms with E-state index in [2.05, 4.69) is 5.10 Å². The van der Waals surface area contributed by atoms with E-state index in [1.165, 1.54) is 0 Å². The van der Waals surface area contributed by atoms with Crippen molar-refractivity contribution in [1.29, 1.82) is 0 Å². The van der Waals surface area contributed by atoms with Crippen LogP contribution in [0.4, 0.5) is 0 Å². The van der Waals surface area contributed by atoms with Crippen LogP contribution < -0.4 is 4.74 Å². The minimum absolute atomic E-state index is 0.129. The molecule has 5 heteroatoms. The zero-order chi connectivity index (χ0) is 11.3. The first-order chi connectivity index (χ1) is 7.09. The molecule has 1 rings (SSSR count). The summed E-state index contributed by atoms with van der Waals surface area (Å²) in [5, 5.41) is 3.98. The molecule has 0 aliphatic heterocycles. The van der Waals surface area contributed by atoms with Crippen LogP contribution in [0.5, 0.6) is 5.75 Å². The van der Waals surface area contributed by atoms with Gasteiger partial charge in [0.25, 0.3) is 0 Å². The van der Waals surface area contributed by atoms with Crippen molar-refractivity contribution in [3.8, 4) is 5.75 Å². The van der Waals surface area contributed by atoms with E-state index in [4.69, 9.17) is 4.74 Å². The van der Waals surface area contributed by atoms with Crippen LogP contribution in [0.2, 0.25) is 0 Å². The molecule has 0 aliphatic rings. The summed E-state index contributed by atoms with van der Waals surface area (Å²) in [4.78, 5) is 12.8. The fourth-order valence-corrected chi connectivity index (χ4v) is 1.11. The summed E-state index contributed by atoms with van der Waals surface area (Å²) >= 11 is 0. The number of rotatable bonds is 5. The van der Waals surface area contributed by atoms with Crippen molar-refractivity contribution in [3.63, 3.8) is 0 Å². The maximum Gasteiger partial charge on any atom is 0.222 e. The molecule has 5 nitrogen and oxygen atoms in total. The maximum atomic E-state index is 11.2. The summed E-state index contributed by atoms with van der Waals surface area (Å²) in [7, 11) is 5.34. The maximum absolute atomic E-state index is 11.2. The first-order valence-electron chi connectivity index (χ1n) is 4.91. The van der Waals surface area contributed by atoms with E-state index < -0.39 is 0 Å². The van der Waals surface area contributed by atoms with Gasteiger partial charge in [-0.25, -0.2) is 0 Å². The first kappa shape index (κ1) is 11.6. The van der Waals surface area contributed by atoms with E-state index in [1.54, 1.807) is 36.1 Å².